The van der Waals surface area contributed by atoms with Gasteiger partial charge >= 0.3 is 18.0 Å². The molecule has 0 bridgehead atoms. The van der Waals surface area contributed by atoms with Crippen molar-refractivity contribution in [2.24, 2.45) is 4.99 Å². The van der Waals surface area contributed by atoms with E-state index in [2.05, 4.69) is 15.2 Å². The van der Waals surface area contributed by atoms with E-state index in [9.17, 15) is 23.9 Å². The van der Waals surface area contributed by atoms with Crippen LogP contribution in [0.5, 0.6) is 0 Å². The highest BCUT2D eigenvalue weighted by Crippen LogP contribution is 2.38. The highest BCUT2D eigenvalue weighted by molar-refractivity contribution is 7.14. The number of esters is 1. The lowest BCUT2D eigenvalue weighted by atomic mass is 9.84. The number of carbonyl (C=O) groups excluding carboxylic acids is 2. The van der Waals surface area contributed by atoms with Gasteiger partial charge in [0.25, 0.3) is 0 Å². The third-order valence-electron chi connectivity index (χ3n) is 9.49. The fourth-order valence-electron chi connectivity index (χ4n) is 6.57. The average molecular weight is 764 g/mol. The maximum Gasteiger partial charge on any atom is 0.338 e. The first-order valence-corrected chi connectivity index (χ1v) is 18.8. The zero-order chi connectivity index (χ0) is 36.7. The molecule has 3 aliphatic rings. The van der Waals surface area contributed by atoms with Gasteiger partial charge in [-0.3, -0.25) is 19.6 Å². The monoisotopic (exact) mass is 763 g/mol. The van der Waals surface area contributed by atoms with Crippen LogP contribution in [0, 0.1) is 5.82 Å². The van der Waals surface area contributed by atoms with Crippen LogP contribution in [0.2, 0.25) is 5.02 Å². The second-order valence-electron chi connectivity index (χ2n) is 13.1. The van der Waals surface area contributed by atoms with Crippen LogP contribution in [0.1, 0.15) is 42.9 Å². The number of anilines is 1. The van der Waals surface area contributed by atoms with E-state index in [1.807, 2.05) is 27.8 Å². The van der Waals surface area contributed by atoms with Crippen LogP contribution >= 0.6 is 34.3 Å². The number of aliphatic carboxylic acids is 1. The Morgan fingerprint density at radius 2 is 1.92 bits per heavy atom. The Labute approximate surface area is 312 Å². The Bertz CT molecular complexity index is 2090. The minimum Gasteiger partial charge on any atom is -0.481 e. The first-order chi connectivity index (χ1) is 24.9. The van der Waals surface area contributed by atoms with Gasteiger partial charge < -0.3 is 20.1 Å². The molecule has 16 heteroatoms. The Hall–Kier alpha value is -4.70. The number of hydrogen-bond acceptors (Lipinski definition) is 11. The average Bonchev–Trinajstić information content (AvgIpc) is 3.89. The second-order valence-corrected chi connectivity index (χ2v) is 15.3. The van der Waals surface area contributed by atoms with Crippen molar-refractivity contribution in [3.8, 4) is 11.3 Å². The maximum absolute atomic E-state index is 14.1. The normalized spacial score (nSPS) is 19.4. The summed E-state index contributed by atoms with van der Waals surface area (Å²) in [5, 5.41) is 18.0. The SMILES string of the molecule is CCOC(=O)C1=C(CN2CCN3C(=O)N(c4nc(-c5ccc(C(C)(C)C(=O)O)cc5)cs4)CC3C2)NC(c2nccs2)=NC1c1ccc(F)cc1Cl. The summed E-state index contributed by atoms with van der Waals surface area (Å²) in [5.41, 5.74) is 2.50. The van der Waals surface area contributed by atoms with Crippen LogP contribution in [0.3, 0.4) is 0 Å². The van der Waals surface area contributed by atoms with Gasteiger partial charge in [-0.05, 0) is 38.5 Å². The first-order valence-electron chi connectivity index (χ1n) is 16.6. The molecule has 2 aromatic heterocycles. The fourth-order valence-corrected chi connectivity index (χ4v) is 8.26. The molecule has 2 aromatic carbocycles. The van der Waals surface area contributed by atoms with Crippen molar-refractivity contribution in [2.45, 2.75) is 38.3 Å². The number of thiazole rings is 2. The summed E-state index contributed by atoms with van der Waals surface area (Å²) in [6.07, 6.45) is 1.67. The van der Waals surface area contributed by atoms with Crippen LogP contribution in [-0.4, -0.2) is 94.1 Å². The molecule has 0 radical (unpaired) electrons. The van der Waals surface area contributed by atoms with Gasteiger partial charge in [-0.25, -0.2) is 23.9 Å². The molecule has 0 saturated carbocycles. The number of ether oxygens (including phenoxy) is 1. The standard InChI is InChI=1S/C36H35ClFN7O5S2/c1-4-50-32(46)28-26(40-30(31-39-11-14-51-31)42-29(28)24-10-9-22(38)15-25(24)37)18-43-12-13-44-23(16-43)17-45(35(44)49)34-41-27(19-52-34)20-5-7-21(8-6-20)36(2,3)33(47)48/h5-11,14-15,19,23,29H,4,12-13,16-18H2,1-3H3,(H,40,42)(H,47,48). The fraction of sp³-hybridized carbons (Fsp3) is 0.333. The highest BCUT2D eigenvalue weighted by Gasteiger charge is 2.43. The number of carboxylic acid groups (broad SMARTS) is 1. The number of aliphatic imine (C=N–C) groups is 1. The molecule has 2 N–H and O–H groups in total. The Morgan fingerprint density at radius 3 is 2.62 bits per heavy atom. The molecule has 0 spiro atoms. The van der Waals surface area contributed by atoms with Crippen LogP contribution in [0.15, 0.2) is 75.7 Å². The molecule has 270 valence electrons. The predicted octanol–water partition coefficient (Wildman–Crippen LogP) is 5.96. The second kappa shape index (κ2) is 14.4. The summed E-state index contributed by atoms with van der Waals surface area (Å²) in [5.74, 6) is -1.50. The number of aromatic nitrogens is 2. The van der Waals surface area contributed by atoms with Crippen LogP contribution in [-0.2, 0) is 19.7 Å². The molecule has 7 rings (SSSR count). The van der Waals surface area contributed by atoms with E-state index in [1.54, 1.807) is 44.0 Å². The van der Waals surface area contributed by atoms with E-state index in [1.165, 1.54) is 40.9 Å². The number of piperazine rings is 1. The van der Waals surface area contributed by atoms with Crippen molar-refractivity contribution >= 4 is 63.2 Å². The number of urea groups is 1. The lowest BCUT2D eigenvalue weighted by Crippen LogP contribution is -2.53. The largest absolute Gasteiger partial charge is 0.481 e. The number of carbonyl (C=O) groups is 3. The smallest absolute Gasteiger partial charge is 0.338 e. The number of halogens is 2. The summed E-state index contributed by atoms with van der Waals surface area (Å²) < 4.78 is 19.6. The topological polar surface area (TPSA) is 141 Å². The number of fused-ring (bicyclic) bond motifs is 1. The number of rotatable bonds is 10. The molecule has 2 amide bonds. The summed E-state index contributed by atoms with van der Waals surface area (Å²) >= 11 is 9.31. The molecule has 2 saturated heterocycles. The molecule has 0 aliphatic carbocycles. The van der Waals surface area contributed by atoms with Crippen molar-refractivity contribution in [3.05, 3.63) is 97.7 Å². The van der Waals surface area contributed by atoms with Crippen molar-refractivity contribution in [3.63, 3.8) is 0 Å². The van der Waals surface area contributed by atoms with Gasteiger partial charge in [0, 0.05) is 65.0 Å². The molecule has 4 aromatic rings. The molecule has 2 atom stereocenters. The van der Waals surface area contributed by atoms with Crippen molar-refractivity contribution in [1.82, 2.24) is 25.1 Å². The van der Waals surface area contributed by atoms with Crippen LogP contribution < -0.4 is 10.2 Å². The summed E-state index contributed by atoms with van der Waals surface area (Å²) in [4.78, 5) is 58.7. The number of amides is 2. The van der Waals surface area contributed by atoms with Gasteiger partial charge in [0.05, 0.1) is 35.9 Å². The number of benzene rings is 2. The molecule has 2 unspecified atom stereocenters. The maximum atomic E-state index is 14.1. The van der Waals surface area contributed by atoms with Gasteiger partial charge in [0.1, 0.15) is 11.9 Å². The van der Waals surface area contributed by atoms with Crippen molar-refractivity contribution in [2.75, 3.05) is 44.2 Å². The summed E-state index contributed by atoms with van der Waals surface area (Å²) in [6.45, 7) is 7.51. The van der Waals surface area contributed by atoms with E-state index in [0.29, 0.717) is 71.2 Å². The number of carboxylic acids is 1. The molecule has 52 heavy (non-hydrogen) atoms. The number of amidine groups is 1. The van der Waals surface area contributed by atoms with Gasteiger partial charge in [-0.1, -0.05) is 41.9 Å². The van der Waals surface area contributed by atoms with Crippen molar-refractivity contribution < 1.29 is 28.6 Å². The zero-order valence-electron chi connectivity index (χ0n) is 28.5. The van der Waals surface area contributed by atoms with Crippen LogP contribution in [0.25, 0.3) is 11.3 Å². The van der Waals surface area contributed by atoms with Crippen molar-refractivity contribution in [1.29, 1.82) is 0 Å². The molecule has 5 heterocycles. The van der Waals surface area contributed by atoms with E-state index in [-0.39, 0.29) is 29.3 Å². The minimum absolute atomic E-state index is 0.115. The van der Waals surface area contributed by atoms with E-state index in [0.717, 1.165) is 5.56 Å². The predicted molar refractivity (Wildman–Crippen MR) is 197 cm³/mol. The van der Waals surface area contributed by atoms with Gasteiger partial charge in [0.15, 0.2) is 16.0 Å². The van der Waals surface area contributed by atoms with E-state index in [4.69, 9.17) is 26.3 Å². The summed E-state index contributed by atoms with van der Waals surface area (Å²) in [6, 6.07) is 10.2. The molecule has 12 nitrogen and oxygen atoms in total. The molecule has 3 aliphatic heterocycles. The molecular formula is C36H35ClFN7O5S2. The van der Waals surface area contributed by atoms with Gasteiger partial charge in [-0.2, -0.15) is 0 Å². The number of hydrogen-bond donors (Lipinski definition) is 2. The number of nitrogens with zero attached hydrogens (tertiary/aromatic N) is 6. The highest BCUT2D eigenvalue weighted by atomic mass is 35.5. The van der Waals surface area contributed by atoms with E-state index >= 15 is 0 Å². The minimum atomic E-state index is -1.02. The first kappa shape index (κ1) is 35.7. The Kier molecular flexibility index (Phi) is 9.87. The quantitative estimate of drug-likeness (QED) is 0.188. The Balaban J connectivity index is 1.12. The lowest BCUT2D eigenvalue weighted by molar-refractivity contribution is -0.142. The molecule has 2 fully saturated rings. The number of nitrogens with one attached hydrogen (secondary N) is 1. The third-order valence-corrected chi connectivity index (χ3v) is 11.5. The van der Waals surface area contributed by atoms with E-state index < -0.39 is 29.2 Å². The third kappa shape index (κ3) is 6.80. The molecular weight excluding hydrogens is 729 g/mol. The zero-order valence-corrected chi connectivity index (χ0v) is 30.9. The lowest BCUT2D eigenvalue weighted by Gasteiger charge is -2.38. The Morgan fingerprint density at radius 1 is 1.13 bits per heavy atom. The van der Waals surface area contributed by atoms with Crippen LogP contribution in [0.4, 0.5) is 14.3 Å². The van der Waals surface area contributed by atoms with Gasteiger partial charge in [-0.15, -0.1) is 22.7 Å². The van der Waals surface area contributed by atoms with Gasteiger partial charge in [0.2, 0.25) is 0 Å². The summed E-state index contributed by atoms with van der Waals surface area (Å²) in [7, 11) is 0.